The zero-order valence-corrected chi connectivity index (χ0v) is 16.9. The van der Waals surface area contributed by atoms with E-state index < -0.39 is 0 Å². The quantitative estimate of drug-likeness (QED) is 0.636. The number of hydrogen-bond donors (Lipinski definition) is 1. The maximum Gasteiger partial charge on any atom is 0.160 e. The molecule has 0 atom stereocenters. The van der Waals surface area contributed by atoms with Crippen molar-refractivity contribution in [2.45, 2.75) is 33.1 Å². The highest BCUT2D eigenvalue weighted by Crippen LogP contribution is 2.35. The van der Waals surface area contributed by atoms with E-state index in [1.807, 2.05) is 49.3 Å². The van der Waals surface area contributed by atoms with Crippen LogP contribution in [0.1, 0.15) is 43.6 Å². The molecule has 142 valence electrons. The van der Waals surface area contributed by atoms with Crippen molar-refractivity contribution < 1.29 is 9.90 Å². The standard InChI is InChI=1S/C16H18O2.C7H10N2/c1-10(17)14-12(16(2,3)4)9-8-11-6-5-7-13(18)15(11)14;1-9(2)7-3-5-8-6-4-7/h5-9,18H,1-4H3;3-6H,1-2H3. The number of nitrogens with zero attached hydrogens (tertiary/aromatic N) is 2. The minimum absolute atomic E-state index is 0.00738. The Kier molecular flexibility index (Phi) is 6.21. The van der Waals surface area contributed by atoms with Crippen molar-refractivity contribution in [1.82, 2.24) is 4.98 Å². The number of aromatic hydroxyl groups is 1. The summed E-state index contributed by atoms with van der Waals surface area (Å²) >= 11 is 0. The van der Waals surface area contributed by atoms with E-state index in [0.717, 1.165) is 10.9 Å². The van der Waals surface area contributed by atoms with Gasteiger partial charge in [0.25, 0.3) is 0 Å². The first-order valence-electron chi connectivity index (χ1n) is 8.96. The molecule has 0 saturated carbocycles. The minimum atomic E-state index is -0.128. The van der Waals surface area contributed by atoms with Crippen LogP contribution in [0.5, 0.6) is 5.75 Å². The van der Waals surface area contributed by atoms with E-state index in [0.29, 0.717) is 10.9 Å². The Bertz CT molecular complexity index is 926. The van der Waals surface area contributed by atoms with Crippen LogP contribution in [0.15, 0.2) is 54.9 Å². The van der Waals surface area contributed by atoms with E-state index in [-0.39, 0.29) is 16.9 Å². The highest BCUT2D eigenvalue weighted by atomic mass is 16.3. The smallest absolute Gasteiger partial charge is 0.160 e. The molecule has 1 heterocycles. The van der Waals surface area contributed by atoms with Crippen molar-refractivity contribution in [3.8, 4) is 5.75 Å². The third-order valence-corrected chi connectivity index (χ3v) is 4.36. The molecule has 0 amide bonds. The number of rotatable bonds is 2. The normalized spacial score (nSPS) is 10.9. The number of Topliss-reactive ketones (excluding diaryl/α,β-unsaturated/α-hetero) is 1. The maximum absolute atomic E-state index is 12.0. The van der Waals surface area contributed by atoms with Crippen molar-refractivity contribution in [1.29, 1.82) is 0 Å². The Labute approximate surface area is 161 Å². The van der Waals surface area contributed by atoms with Gasteiger partial charge in [-0.1, -0.05) is 45.0 Å². The molecule has 1 aromatic heterocycles. The lowest BCUT2D eigenvalue weighted by Crippen LogP contribution is -2.16. The van der Waals surface area contributed by atoms with Crippen LogP contribution in [0.25, 0.3) is 10.8 Å². The van der Waals surface area contributed by atoms with Crippen LogP contribution in [0.3, 0.4) is 0 Å². The molecule has 0 aliphatic rings. The van der Waals surface area contributed by atoms with Crippen molar-refractivity contribution in [2.75, 3.05) is 19.0 Å². The zero-order valence-electron chi connectivity index (χ0n) is 16.9. The summed E-state index contributed by atoms with van der Waals surface area (Å²) < 4.78 is 0. The van der Waals surface area contributed by atoms with Crippen LogP contribution in [0.4, 0.5) is 5.69 Å². The number of fused-ring (bicyclic) bond motifs is 1. The molecule has 3 aromatic rings. The summed E-state index contributed by atoms with van der Waals surface area (Å²) in [4.78, 5) is 17.9. The van der Waals surface area contributed by atoms with Gasteiger partial charge in [-0.2, -0.15) is 0 Å². The Balaban J connectivity index is 0.000000244. The first-order chi connectivity index (χ1) is 12.6. The van der Waals surface area contributed by atoms with Crippen LogP contribution in [0.2, 0.25) is 0 Å². The van der Waals surface area contributed by atoms with E-state index in [4.69, 9.17) is 0 Å². The van der Waals surface area contributed by atoms with Gasteiger partial charge in [0, 0.05) is 43.1 Å². The number of benzene rings is 2. The average molecular weight is 364 g/mol. The lowest BCUT2D eigenvalue weighted by Gasteiger charge is -2.23. The topological polar surface area (TPSA) is 53.4 Å². The number of hydrogen-bond acceptors (Lipinski definition) is 4. The van der Waals surface area contributed by atoms with Crippen LogP contribution in [0, 0.1) is 0 Å². The van der Waals surface area contributed by atoms with Gasteiger partial charge in [0.15, 0.2) is 5.78 Å². The number of ketones is 1. The molecular formula is C23H28N2O2. The Morgan fingerprint density at radius 1 is 1.00 bits per heavy atom. The first kappa shape index (κ1) is 20.4. The van der Waals surface area contributed by atoms with E-state index >= 15 is 0 Å². The monoisotopic (exact) mass is 364 g/mol. The number of pyridine rings is 1. The number of phenolic OH excluding ortho intramolecular Hbond substituents is 1. The Hall–Kier alpha value is -2.88. The molecule has 0 saturated heterocycles. The third kappa shape index (κ3) is 4.85. The lowest BCUT2D eigenvalue weighted by atomic mass is 9.80. The molecule has 0 fully saturated rings. The summed E-state index contributed by atoms with van der Waals surface area (Å²) in [6.45, 7) is 7.76. The Morgan fingerprint density at radius 2 is 1.63 bits per heavy atom. The summed E-state index contributed by atoms with van der Waals surface area (Å²) in [7, 11) is 4.02. The van der Waals surface area contributed by atoms with Crippen molar-refractivity contribution in [3.63, 3.8) is 0 Å². The largest absolute Gasteiger partial charge is 0.507 e. The molecule has 4 heteroatoms. The van der Waals surface area contributed by atoms with Gasteiger partial charge in [-0.15, -0.1) is 0 Å². The predicted octanol–water partition coefficient (Wildman–Crippen LogP) is 5.19. The van der Waals surface area contributed by atoms with Gasteiger partial charge >= 0.3 is 0 Å². The number of carbonyl (C=O) groups is 1. The van der Waals surface area contributed by atoms with Gasteiger partial charge < -0.3 is 10.0 Å². The number of aromatic nitrogens is 1. The van der Waals surface area contributed by atoms with Gasteiger partial charge in [0.2, 0.25) is 0 Å². The van der Waals surface area contributed by atoms with Crippen LogP contribution >= 0.6 is 0 Å². The molecule has 3 rings (SSSR count). The van der Waals surface area contributed by atoms with Gasteiger partial charge in [0.1, 0.15) is 5.75 Å². The van der Waals surface area contributed by atoms with Gasteiger partial charge in [-0.25, -0.2) is 0 Å². The predicted molar refractivity (Wildman–Crippen MR) is 113 cm³/mol. The molecule has 0 bridgehead atoms. The molecule has 0 radical (unpaired) electrons. The molecule has 1 N–H and O–H groups in total. The number of phenols is 1. The first-order valence-corrected chi connectivity index (χ1v) is 8.96. The average Bonchev–Trinajstić information content (AvgIpc) is 2.61. The van der Waals surface area contributed by atoms with Crippen LogP contribution in [-0.4, -0.2) is 30.0 Å². The molecule has 0 unspecified atom stereocenters. The summed E-state index contributed by atoms with van der Waals surface area (Å²) in [6, 6.07) is 13.2. The zero-order chi connectivity index (χ0) is 20.2. The van der Waals surface area contributed by atoms with Gasteiger partial charge in [-0.3, -0.25) is 9.78 Å². The second-order valence-corrected chi connectivity index (χ2v) is 7.77. The second kappa shape index (κ2) is 8.21. The van der Waals surface area contributed by atoms with E-state index in [9.17, 15) is 9.90 Å². The molecular weight excluding hydrogens is 336 g/mol. The Morgan fingerprint density at radius 3 is 2.11 bits per heavy atom. The highest BCUT2D eigenvalue weighted by Gasteiger charge is 2.23. The molecule has 0 spiro atoms. The van der Waals surface area contributed by atoms with E-state index in [2.05, 4.69) is 25.8 Å². The maximum atomic E-state index is 12.0. The fourth-order valence-corrected chi connectivity index (χ4v) is 2.99. The SMILES string of the molecule is CC(=O)c1c(C(C)(C)C)ccc2cccc(O)c12.CN(C)c1ccncc1. The number of anilines is 1. The van der Waals surface area contributed by atoms with Gasteiger partial charge in [0.05, 0.1) is 0 Å². The molecule has 0 aliphatic carbocycles. The highest BCUT2D eigenvalue weighted by molar-refractivity contribution is 6.10. The third-order valence-electron chi connectivity index (χ3n) is 4.36. The molecule has 27 heavy (non-hydrogen) atoms. The minimum Gasteiger partial charge on any atom is -0.507 e. The molecule has 0 aliphatic heterocycles. The molecule has 4 nitrogen and oxygen atoms in total. The number of carbonyl (C=O) groups excluding carboxylic acids is 1. The fourth-order valence-electron chi connectivity index (χ4n) is 2.99. The van der Waals surface area contributed by atoms with Crippen molar-refractivity contribution >= 4 is 22.2 Å². The summed E-state index contributed by atoms with van der Waals surface area (Å²) in [5.41, 5.74) is 2.67. The lowest BCUT2D eigenvalue weighted by molar-refractivity contribution is 0.101. The van der Waals surface area contributed by atoms with Crippen LogP contribution < -0.4 is 4.90 Å². The fraction of sp³-hybridized carbons (Fsp3) is 0.304. The summed E-state index contributed by atoms with van der Waals surface area (Å²) in [5.74, 6) is 0.163. The van der Waals surface area contributed by atoms with E-state index in [1.54, 1.807) is 31.5 Å². The second-order valence-electron chi connectivity index (χ2n) is 7.77. The molecule has 2 aromatic carbocycles. The van der Waals surface area contributed by atoms with Crippen molar-refractivity contribution in [2.24, 2.45) is 0 Å². The van der Waals surface area contributed by atoms with E-state index in [1.165, 1.54) is 5.69 Å². The summed E-state index contributed by atoms with van der Waals surface area (Å²) in [5, 5.41) is 11.6. The summed E-state index contributed by atoms with van der Waals surface area (Å²) in [6.07, 6.45) is 3.57. The van der Waals surface area contributed by atoms with Crippen molar-refractivity contribution in [3.05, 3.63) is 66.0 Å². The van der Waals surface area contributed by atoms with Crippen LogP contribution in [-0.2, 0) is 5.41 Å². The van der Waals surface area contributed by atoms with Gasteiger partial charge in [-0.05, 0) is 41.5 Å².